The van der Waals surface area contributed by atoms with E-state index in [1.165, 1.54) is 6.92 Å². The highest BCUT2D eigenvalue weighted by Gasteiger charge is 2.43. The van der Waals surface area contributed by atoms with Crippen LogP contribution in [0.2, 0.25) is 0 Å². The molecule has 0 aromatic carbocycles. The van der Waals surface area contributed by atoms with Crippen molar-refractivity contribution < 1.29 is 18.8 Å². The third-order valence-corrected chi connectivity index (χ3v) is 2.59. The van der Waals surface area contributed by atoms with Crippen molar-refractivity contribution >= 4 is 5.97 Å². The Bertz CT molecular complexity index is 379. The van der Waals surface area contributed by atoms with E-state index in [4.69, 9.17) is 14.0 Å². The second kappa shape index (κ2) is 4.25. The fourth-order valence-corrected chi connectivity index (χ4v) is 1.84. The van der Waals surface area contributed by atoms with Crippen LogP contribution in [0.5, 0.6) is 0 Å². The smallest absolute Gasteiger partial charge is 0.305 e. The molecule has 5 nitrogen and oxygen atoms in total. The van der Waals surface area contributed by atoms with Crippen molar-refractivity contribution in [1.29, 1.82) is 0 Å². The Balaban J connectivity index is 2.27. The van der Waals surface area contributed by atoms with Crippen LogP contribution in [-0.2, 0) is 26.5 Å². The molecular weight excluding hydrogens is 210 g/mol. The van der Waals surface area contributed by atoms with Gasteiger partial charge >= 0.3 is 5.97 Å². The first-order chi connectivity index (χ1) is 7.66. The molecule has 0 aliphatic carbocycles. The molecule has 0 bridgehead atoms. The summed E-state index contributed by atoms with van der Waals surface area (Å²) in [4.78, 5) is 11.1. The van der Waals surface area contributed by atoms with Crippen molar-refractivity contribution in [3.63, 3.8) is 0 Å². The van der Waals surface area contributed by atoms with Crippen LogP contribution in [0.15, 0.2) is 10.6 Å². The molecule has 1 atom stereocenters. The molecule has 5 heteroatoms. The van der Waals surface area contributed by atoms with Gasteiger partial charge in [0.25, 0.3) is 5.79 Å². The average Bonchev–Trinajstić information content (AvgIpc) is 2.84. The van der Waals surface area contributed by atoms with E-state index in [2.05, 4.69) is 5.16 Å². The van der Waals surface area contributed by atoms with Crippen LogP contribution in [0, 0.1) is 0 Å². The third kappa shape index (κ3) is 1.95. The number of esters is 1. The van der Waals surface area contributed by atoms with Gasteiger partial charge in [-0.1, -0.05) is 12.1 Å². The van der Waals surface area contributed by atoms with E-state index >= 15 is 0 Å². The van der Waals surface area contributed by atoms with Crippen molar-refractivity contribution in [2.24, 2.45) is 0 Å². The number of nitrogens with zero attached hydrogens (tertiary/aromatic N) is 1. The summed E-state index contributed by atoms with van der Waals surface area (Å²) in [5, 5.41) is 3.92. The average molecular weight is 225 g/mol. The Morgan fingerprint density at radius 2 is 2.50 bits per heavy atom. The van der Waals surface area contributed by atoms with Crippen LogP contribution in [0.25, 0.3) is 0 Å². The molecule has 1 aliphatic heterocycles. The summed E-state index contributed by atoms with van der Waals surface area (Å²) in [6.45, 7) is 3.91. The molecule has 1 saturated heterocycles. The van der Waals surface area contributed by atoms with Crippen LogP contribution >= 0.6 is 0 Å². The topological polar surface area (TPSA) is 61.6 Å². The van der Waals surface area contributed by atoms with Gasteiger partial charge in [0.2, 0.25) is 0 Å². The molecule has 0 spiro atoms. The highest BCUT2D eigenvalue weighted by molar-refractivity contribution is 5.66. The van der Waals surface area contributed by atoms with Crippen LogP contribution in [0.1, 0.15) is 38.1 Å². The second-order valence-electron chi connectivity index (χ2n) is 3.83. The molecule has 0 amide bonds. The van der Waals surface area contributed by atoms with Crippen LogP contribution in [0.4, 0.5) is 0 Å². The van der Waals surface area contributed by atoms with E-state index < -0.39 is 5.79 Å². The first-order valence-corrected chi connectivity index (χ1v) is 5.46. The minimum atomic E-state index is -1.03. The molecule has 2 heterocycles. The minimum absolute atomic E-state index is 0.372. The molecule has 1 unspecified atom stereocenters. The van der Waals surface area contributed by atoms with E-state index in [1.54, 1.807) is 6.07 Å². The van der Waals surface area contributed by atoms with Gasteiger partial charge in [0.05, 0.1) is 6.61 Å². The zero-order valence-electron chi connectivity index (χ0n) is 9.49. The first-order valence-electron chi connectivity index (χ1n) is 5.46. The number of aromatic nitrogens is 1. The zero-order chi connectivity index (χ0) is 11.6. The summed E-state index contributed by atoms with van der Waals surface area (Å²) in [6, 6.07) is 1.79. The summed E-state index contributed by atoms with van der Waals surface area (Å²) in [5.74, 6) is -0.636. The van der Waals surface area contributed by atoms with Gasteiger partial charge in [0.1, 0.15) is 5.76 Å². The number of carbonyl (C=O) groups excluding carboxylic acids is 1. The van der Waals surface area contributed by atoms with Gasteiger partial charge < -0.3 is 14.0 Å². The Kier molecular flexibility index (Phi) is 2.96. The minimum Gasteiger partial charge on any atom is -0.427 e. The van der Waals surface area contributed by atoms with Crippen LogP contribution in [0.3, 0.4) is 0 Å². The molecule has 16 heavy (non-hydrogen) atoms. The molecule has 0 saturated carbocycles. The number of rotatable bonds is 3. The lowest BCUT2D eigenvalue weighted by atomic mass is 10.1. The Morgan fingerprint density at radius 3 is 3.00 bits per heavy atom. The van der Waals surface area contributed by atoms with Crippen molar-refractivity contribution in [1.82, 2.24) is 5.16 Å². The van der Waals surface area contributed by atoms with E-state index in [0.29, 0.717) is 18.7 Å². The predicted molar refractivity (Wildman–Crippen MR) is 54.5 cm³/mol. The summed E-state index contributed by atoms with van der Waals surface area (Å²) in [6.07, 6.45) is 2.23. The molecule has 0 N–H and O–H groups in total. The number of carbonyl (C=O) groups is 1. The third-order valence-electron chi connectivity index (χ3n) is 2.59. The maximum atomic E-state index is 11.1. The monoisotopic (exact) mass is 225 g/mol. The van der Waals surface area contributed by atoms with Gasteiger partial charge in [0, 0.05) is 25.8 Å². The van der Waals surface area contributed by atoms with Crippen molar-refractivity contribution in [3.8, 4) is 0 Å². The van der Waals surface area contributed by atoms with E-state index in [-0.39, 0.29) is 5.97 Å². The largest absolute Gasteiger partial charge is 0.427 e. The number of aryl methyl sites for hydroxylation is 1. The molecule has 1 fully saturated rings. The lowest BCUT2D eigenvalue weighted by molar-refractivity contribution is -0.219. The van der Waals surface area contributed by atoms with E-state index in [1.807, 2.05) is 6.92 Å². The summed E-state index contributed by atoms with van der Waals surface area (Å²) in [7, 11) is 0. The quantitative estimate of drug-likeness (QED) is 0.733. The van der Waals surface area contributed by atoms with Gasteiger partial charge in [0.15, 0.2) is 5.69 Å². The fraction of sp³-hybridized carbons (Fsp3) is 0.636. The maximum absolute atomic E-state index is 11.1. The van der Waals surface area contributed by atoms with Gasteiger partial charge in [-0.05, 0) is 6.42 Å². The summed E-state index contributed by atoms with van der Waals surface area (Å²) in [5.41, 5.74) is 0.553. The highest BCUT2D eigenvalue weighted by Crippen LogP contribution is 2.37. The number of ether oxygens (including phenoxy) is 2. The van der Waals surface area contributed by atoms with Gasteiger partial charge in [-0.25, -0.2) is 0 Å². The Morgan fingerprint density at radius 1 is 1.69 bits per heavy atom. The molecular formula is C11H15NO4. The molecule has 2 rings (SSSR count). The van der Waals surface area contributed by atoms with Gasteiger partial charge in [-0.2, -0.15) is 0 Å². The number of hydrogen-bond acceptors (Lipinski definition) is 5. The van der Waals surface area contributed by atoms with Gasteiger partial charge in [-0.15, -0.1) is 0 Å². The first kappa shape index (κ1) is 11.1. The van der Waals surface area contributed by atoms with Crippen LogP contribution < -0.4 is 0 Å². The fourth-order valence-electron chi connectivity index (χ4n) is 1.84. The maximum Gasteiger partial charge on any atom is 0.305 e. The van der Waals surface area contributed by atoms with Crippen molar-refractivity contribution in [2.45, 2.75) is 38.9 Å². The lowest BCUT2D eigenvalue weighted by Gasteiger charge is -2.24. The summed E-state index contributed by atoms with van der Waals surface area (Å²) < 4.78 is 15.9. The Hall–Kier alpha value is -1.36. The highest BCUT2D eigenvalue weighted by atomic mass is 16.7. The molecule has 1 aromatic rings. The van der Waals surface area contributed by atoms with E-state index in [0.717, 1.165) is 18.6 Å². The zero-order valence-corrected chi connectivity index (χ0v) is 9.49. The van der Waals surface area contributed by atoms with Crippen molar-refractivity contribution in [2.75, 3.05) is 6.61 Å². The second-order valence-corrected chi connectivity index (χ2v) is 3.83. The lowest BCUT2D eigenvalue weighted by Crippen LogP contribution is -2.31. The Labute approximate surface area is 93.7 Å². The molecule has 88 valence electrons. The standard InChI is InChI=1S/C11H15NO4/c1-3-9-7-10(12-16-9)11(15-8(2)13)5-4-6-14-11/h7H,3-6H2,1-2H3. The normalized spacial score (nSPS) is 24.6. The van der Waals surface area contributed by atoms with Crippen molar-refractivity contribution in [3.05, 3.63) is 17.5 Å². The predicted octanol–water partition coefficient (Wildman–Crippen LogP) is 1.76. The SMILES string of the molecule is CCc1cc(C2(OC(C)=O)CCCO2)no1. The molecule has 1 aromatic heterocycles. The number of hydrogen-bond donors (Lipinski definition) is 0. The molecule has 1 aliphatic rings. The van der Waals surface area contributed by atoms with Gasteiger partial charge in [-0.3, -0.25) is 4.79 Å². The molecule has 0 radical (unpaired) electrons. The van der Waals surface area contributed by atoms with Crippen LogP contribution in [-0.4, -0.2) is 17.7 Å². The van der Waals surface area contributed by atoms with E-state index in [9.17, 15) is 4.79 Å². The summed E-state index contributed by atoms with van der Waals surface area (Å²) >= 11 is 0.